The van der Waals surface area contributed by atoms with E-state index in [2.05, 4.69) is 66.4 Å². The third kappa shape index (κ3) is 8.49. The van der Waals surface area contributed by atoms with Crippen LogP contribution in [0.15, 0.2) is 45.3 Å². The number of anilines is 2. The molecule has 0 unspecified atom stereocenters. The first-order valence-electron chi connectivity index (χ1n) is 15.7. The fraction of sp³-hybridized carbons (Fsp3) is 0.531. The smallest absolute Gasteiger partial charge is 0.322 e. The Bertz CT molecular complexity index is 1350. The lowest BCUT2D eigenvalue weighted by Gasteiger charge is -2.41. The van der Waals surface area contributed by atoms with E-state index in [9.17, 15) is 14.4 Å². The molecule has 0 aliphatic carbocycles. The maximum atomic E-state index is 13.9. The summed E-state index contributed by atoms with van der Waals surface area (Å²) in [5, 5.41) is 6.08. The molecule has 0 saturated carbocycles. The number of carbonyl (C=O) groups is 3. The van der Waals surface area contributed by atoms with E-state index in [0.717, 1.165) is 58.4 Å². The van der Waals surface area contributed by atoms with Crippen molar-refractivity contribution in [2.45, 2.75) is 44.3 Å². The molecule has 2 saturated heterocycles. The number of rotatable bonds is 9. The second-order valence-corrected chi connectivity index (χ2v) is 14.1. The number of benzene rings is 2. The van der Waals surface area contributed by atoms with E-state index in [1.807, 2.05) is 46.2 Å². The first-order valence-corrected chi connectivity index (χ1v) is 17.3. The molecule has 13 heteroatoms. The summed E-state index contributed by atoms with van der Waals surface area (Å²) >= 11 is 7.03. The van der Waals surface area contributed by atoms with Gasteiger partial charge in [0.2, 0.25) is 5.91 Å². The van der Waals surface area contributed by atoms with Gasteiger partial charge in [0.15, 0.2) is 0 Å². The number of hydrogen-bond acceptors (Lipinski definition) is 6. The Morgan fingerprint density at radius 3 is 2.36 bits per heavy atom. The van der Waals surface area contributed by atoms with Gasteiger partial charge in [0.05, 0.1) is 5.69 Å². The molecular weight excluding hydrogens is 704 g/mol. The van der Waals surface area contributed by atoms with Gasteiger partial charge in [0.1, 0.15) is 6.04 Å². The van der Waals surface area contributed by atoms with Crippen LogP contribution in [0, 0.1) is 0 Å². The quantitative estimate of drug-likeness (QED) is 0.334. The van der Waals surface area contributed by atoms with Gasteiger partial charge in [0, 0.05) is 72.9 Å². The van der Waals surface area contributed by atoms with Gasteiger partial charge in [-0.2, -0.15) is 0 Å². The number of para-hydroxylation sites is 1. The average Bonchev–Trinajstić information content (AvgIpc) is 3.03. The number of amides is 5. The van der Waals surface area contributed by atoms with E-state index in [0.29, 0.717) is 57.7 Å². The Morgan fingerprint density at radius 1 is 1.02 bits per heavy atom. The van der Waals surface area contributed by atoms with Crippen molar-refractivity contribution in [2.24, 2.45) is 0 Å². The van der Waals surface area contributed by atoms with Gasteiger partial charge in [0.25, 0.3) is 0 Å². The van der Waals surface area contributed by atoms with E-state index in [4.69, 9.17) is 5.73 Å². The van der Waals surface area contributed by atoms with Crippen molar-refractivity contribution in [3.05, 3.63) is 56.5 Å². The number of urea groups is 2. The number of piperidine rings is 1. The van der Waals surface area contributed by atoms with Crippen LogP contribution < -0.4 is 16.4 Å². The molecule has 0 spiro atoms. The summed E-state index contributed by atoms with van der Waals surface area (Å²) in [5.41, 5.74) is 9.54. The lowest BCUT2D eigenvalue weighted by atomic mass is 10.0. The monoisotopic (exact) mass is 746 g/mol. The Kier molecular flexibility index (Phi) is 11.3. The summed E-state index contributed by atoms with van der Waals surface area (Å²) in [6, 6.07) is 10.6. The molecule has 4 N–H and O–H groups in total. The van der Waals surface area contributed by atoms with Gasteiger partial charge in [-0.1, -0.05) is 18.2 Å². The molecule has 3 aliphatic heterocycles. The molecule has 11 nitrogen and oxygen atoms in total. The topological polar surface area (TPSA) is 117 Å². The standard InChI is InChI=1S/C32H44Br2N8O3/c1-38(2)10-5-11-39-14-16-40(17-15-39)30(43)28(20-22-18-25(33)29(35)26(34)19-22)37-31(44)41-12-8-24(9-13-41)42-21-23-6-3-4-7-27(23)36-32(42)45/h3-4,6-7,18-19,24,28H,5,8-17,20-21,35H2,1-2H3,(H,36,45)(H,37,44)/t28-/m1/s1. The summed E-state index contributed by atoms with van der Waals surface area (Å²) in [6.07, 6.45) is 2.78. The number of nitrogens with zero attached hydrogens (tertiary/aromatic N) is 5. The van der Waals surface area contributed by atoms with Crippen LogP contribution in [0.4, 0.5) is 21.0 Å². The zero-order chi connectivity index (χ0) is 32.1. The highest BCUT2D eigenvalue weighted by Gasteiger charge is 2.35. The number of nitrogens with two attached hydrogens (primary N) is 1. The van der Waals surface area contributed by atoms with Gasteiger partial charge in [-0.3, -0.25) is 9.69 Å². The summed E-state index contributed by atoms with van der Waals surface area (Å²) < 4.78 is 1.48. The molecule has 45 heavy (non-hydrogen) atoms. The molecule has 1 atom stereocenters. The van der Waals surface area contributed by atoms with E-state index in [1.165, 1.54) is 0 Å². The van der Waals surface area contributed by atoms with Crippen molar-refractivity contribution in [1.29, 1.82) is 0 Å². The van der Waals surface area contributed by atoms with Crippen molar-refractivity contribution in [3.8, 4) is 0 Å². The van der Waals surface area contributed by atoms with Crippen molar-refractivity contribution in [1.82, 2.24) is 29.8 Å². The van der Waals surface area contributed by atoms with E-state index >= 15 is 0 Å². The molecule has 0 bridgehead atoms. The lowest BCUT2D eigenvalue weighted by Crippen LogP contribution is -2.58. The first-order chi connectivity index (χ1) is 21.6. The summed E-state index contributed by atoms with van der Waals surface area (Å²) in [7, 11) is 4.16. The third-order valence-electron chi connectivity index (χ3n) is 8.99. The van der Waals surface area contributed by atoms with Crippen LogP contribution in [0.2, 0.25) is 0 Å². The molecule has 244 valence electrons. The van der Waals surface area contributed by atoms with Crippen LogP contribution in [0.3, 0.4) is 0 Å². The van der Waals surface area contributed by atoms with Gasteiger partial charge >= 0.3 is 12.1 Å². The maximum Gasteiger partial charge on any atom is 0.322 e. The molecular formula is C32H44Br2N8O3. The number of carbonyl (C=O) groups excluding carboxylic acids is 3. The Labute approximate surface area is 282 Å². The zero-order valence-electron chi connectivity index (χ0n) is 26.1. The number of halogens is 2. The van der Waals surface area contributed by atoms with Gasteiger partial charge in [-0.05, 0) is 108 Å². The SMILES string of the molecule is CN(C)CCCN1CCN(C(=O)[C@@H](Cc2cc(Br)c(N)c(Br)c2)NC(=O)N2CCC(N3Cc4ccccc4NC3=O)CC2)CC1. The number of nitrogens with one attached hydrogen (secondary N) is 2. The number of piperazine rings is 1. The number of fused-ring (bicyclic) bond motifs is 1. The van der Waals surface area contributed by atoms with Crippen molar-refractivity contribution in [2.75, 3.05) is 77.5 Å². The fourth-order valence-electron chi connectivity index (χ4n) is 6.35. The van der Waals surface area contributed by atoms with Crippen LogP contribution >= 0.6 is 31.9 Å². The Hall–Kier alpha value is -2.87. The highest BCUT2D eigenvalue weighted by Crippen LogP contribution is 2.31. The Morgan fingerprint density at radius 2 is 1.69 bits per heavy atom. The van der Waals surface area contributed by atoms with Crippen LogP contribution in [0.25, 0.3) is 0 Å². The van der Waals surface area contributed by atoms with Crippen LogP contribution in [0.1, 0.15) is 30.4 Å². The maximum absolute atomic E-state index is 13.9. The fourth-order valence-corrected chi connectivity index (χ4v) is 7.63. The molecule has 2 aromatic rings. The molecule has 0 aromatic heterocycles. The summed E-state index contributed by atoms with van der Waals surface area (Å²) in [4.78, 5) is 50.5. The predicted molar refractivity (Wildman–Crippen MR) is 184 cm³/mol. The minimum Gasteiger partial charge on any atom is -0.397 e. The van der Waals surface area contributed by atoms with Crippen LogP contribution in [-0.4, -0.2) is 121 Å². The average molecular weight is 749 g/mol. The zero-order valence-corrected chi connectivity index (χ0v) is 29.3. The molecule has 2 aromatic carbocycles. The van der Waals surface area contributed by atoms with Gasteiger partial charge in [-0.25, -0.2) is 9.59 Å². The van der Waals surface area contributed by atoms with Gasteiger partial charge in [-0.15, -0.1) is 0 Å². The molecule has 3 aliphatic rings. The van der Waals surface area contributed by atoms with E-state index < -0.39 is 6.04 Å². The molecule has 3 heterocycles. The van der Waals surface area contributed by atoms with E-state index in [1.54, 1.807) is 4.90 Å². The Balaban J connectivity index is 1.21. The van der Waals surface area contributed by atoms with Crippen molar-refractivity contribution < 1.29 is 14.4 Å². The largest absolute Gasteiger partial charge is 0.397 e. The van der Waals surface area contributed by atoms with Crippen molar-refractivity contribution >= 4 is 61.2 Å². The minimum absolute atomic E-state index is 0.0401. The highest BCUT2D eigenvalue weighted by atomic mass is 79.9. The molecule has 5 amide bonds. The predicted octanol–water partition coefficient (Wildman–Crippen LogP) is 4.02. The highest BCUT2D eigenvalue weighted by molar-refractivity contribution is 9.11. The number of likely N-dealkylation sites (tertiary alicyclic amines) is 1. The number of nitrogen functional groups attached to an aromatic ring is 1. The van der Waals surface area contributed by atoms with E-state index in [-0.39, 0.29) is 24.0 Å². The summed E-state index contributed by atoms with van der Waals surface area (Å²) in [5.74, 6) is -0.0705. The van der Waals surface area contributed by atoms with Crippen molar-refractivity contribution in [3.63, 3.8) is 0 Å². The molecule has 5 rings (SSSR count). The second-order valence-electron chi connectivity index (χ2n) is 12.4. The molecule has 0 radical (unpaired) electrons. The minimum atomic E-state index is -0.720. The van der Waals surface area contributed by atoms with Crippen LogP contribution in [0.5, 0.6) is 0 Å². The second kappa shape index (κ2) is 15.1. The number of hydrogen-bond donors (Lipinski definition) is 3. The lowest BCUT2D eigenvalue weighted by molar-refractivity contribution is -0.135. The molecule has 2 fully saturated rings. The normalized spacial score (nSPS) is 18.5. The first kappa shape index (κ1) is 33.5. The van der Waals surface area contributed by atoms with Crippen LogP contribution in [-0.2, 0) is 17.8 Å². The summed E-state index contributed by atoms with van der Waals surface area (Å²) in [6.45, 7) is 6.53. The van der Waals surface area contributed by atoms with Gasteiger partial charge < -0.3 is 36.0 Å². The third-order valence-corrected chi connectivity index (χ3v) is 10.3.